The normalized spacial score (nSPS) is 56.5. The van der Waals surface area contributed by atoms with Crippen LogP contribution in [0.25, 0.3) is 0 Å². The third kappa shape index (κ3) is 1.08. The maximum absolute atomic E-state index is 9.83. The van der Waals surface area contributed by atoms with Crippen LogP contribution >= 0.6 is 0 Å². The van der Waals surface area contributed by atoms with Crippen LogP contribution in [0.15, 0.2) is 0 Å². The average Bonchev–Trinajstić information content (AvgIpc) is 2.28. The van der Waals surface area contributed by atoms with Crippen molar-refractivity contribution in [2.24, 2.45) is 5.92 Å². The van der Waals surface area contributed by atoms with Crippen LogP contribution in [0.3, 0.4) is 0 Å². The molecule has 2 aliphatic rings. The summed E-state index contributed by atoms with van der Waals surface area (Å²) >= 11 is 0. The standard InChI is InChI=1S/C8H14O3/c1-5-3-8(2,9)6-4-10-7(5)11-6/h5-7,9H,3-4H2,1-2H3/t5-,6+,7-,8+/m0/s1. The summed E-state index contributed by atoms with van der Waals surface area (Å²) in [7, 11) is 0. The van der Waals surface area contributed by atoms with Gasteiger partial charge in [0.05, 0.1) is 12.2 Å². The summed E-state index contributed by atoms with van der Waals surface area (Å²) in [5.74, 6) is 0.309. The third-order valence-corrected chi connectivity index (χ3v) is 2.60. The van der Waals surface area contributed by atoms with Crippen molar-refractivity contribution in [3.63, 3.8) is 0 Å². The Kier molecular flexibility index (Phi) is 1.50. The van der Waals surface area contributed by atoms with Crippen LogP contribution in [-0.4, -0.2) is 29.7 Å². The Hall–Kier alpha value is -0.120. The highest BCUT2D eigenvalue weighted by atomic mass is 16.7. The van der Waals surface area contributed by atoms with E-state index in [1.807, 2.05) is 13.8 Å². The first-order chi connectivity index (χ1) is 5.09. The molecule has 0 aromatic rings. The quantitative estimate of drug-likeness (QED) is 0.558. The molecule has 2 heterocycles. The first-order valence-corrected chi connectivity index (χ1v) is 4.09. The summed E-state index contributed by atoms with van der Waals surface area (Å²) in [6.07, 6.45) is 0.603. The molecule has 4 atom stereocenters. The lowest BCUT2D eigenvalue weighted by Gasteiger charge is -2.36. The fourth-order valence-corrected chi connectivity index (χ4v) is 1.93. The van der Waals surface area contributed by atoms with Crippen molar-refractivity contribution in [1.82, 2.24) is 0 Å². The van der Waals surface area contributed by atoms with Crippen LogP contribution in [0.2, 0.25) is 0 Å². The number of fused-ring (bicyclic) bond motifs is 2. The van der Waals surface area contributed by atoms with Crippen molar-refractivity contribution < 1.29 is 14.6 Å². The van der Waals surface area contributed by atoms with E-state index in [0.29, 0.717) is 12.5 Å². The number of aliphatic hydroxyl groups is 1. The SMILES string of the molecule is C[C@H]1C[C@@](C)(O)[C@H]2CO[C@H]1O2. The lowest BCUT2D eigenvalue weighted by Crippen LogP contribution is -2.47. The molecule has 2 bridgehead atoms. The molecule has 2 saturated heterocycles. The van der Waals surface area contributed by atoms with Crippen molar-refractivity contribution in [3.8, 4) is 0 Å². The molecule has 0 aliphatic carbocycles. The summed E-state index contributed by atoms with van der Waals surface area (Å²) in [6, 6.07) is 0. The van der Waals surface area contributed by atoms with Crippen LogP contribution < -0.4 is 0 Å². The van der Waals surface area contributed by atoms with Crippen LogP contribution in [0, 0.1) is 5.92 Å². The molecule has 0 aromatic heterocycles. The molecule has 0 saturated carbocycles. The topological polar surface area (TPSA) is 38.7 Å². The van der Waals surface area contributed by atoms with Gasteiger partial charge in [-0.3, -0.25) is 0 Å². The summed E-state index contributed by atoms with van der Waals surface area (Å²) < 4.78 is 10.8. The summed E-state index contributed by atoms with van der Waals surface area (Å²) in [6.45, 7) is 4.40. The molecule has 3 heteroatoms. The highest BCUT2D eigenvalue weighted by molar-refractivity contribution is 4.93. The van der Waals surface area contributed by atoms with E-state index in [2.05, 4.69) is 0 Å². The lowest BCUT2D eigenvalue weighted by molar-refractivity contribution is -0.183. The number of hydrogen-bond donors (Lipinski definition) is 1. The third-order valence-electron chi connectivity index (χ3n) is 2.60. The Bertz CT molecular complexity index is 167. The maximum atomic E-state index is 9.83. The number of ether oxygens (including phenoxy) is 2. The predicted octanol–water partition coefficient (Wildman–Crippen LogP) is 0.519. The van der Waals surface area contributed by atoms with Gasteiger partial charge in [0.2, 0.25) is 0 Å². The zero-order valence-electron chi connectivity index (χ0n) is 6.91. The van der Waals surface area contributed by atoms with Crippen LogP contribution in [0.4, 0.5) is 0 Å². The highest BCUT2D eigenvalue weighted by Crippen LogP contribution is 2.37. The van der Waals surface area contributed by atoms with Gasteiger partial charge < -0.3 is 14.6 Å². The molecule has 2 aliphatic heterocycles. The molecule has 2 rings (SSSR count). The number of rotatable bonds is 0. The van der Waals surface area contributed by atoms with E-state index >= 15 is 0 Å². The van der Waals surface area contributed by atoms with Gasteiger partial charge in [0.15, 0.2) is 6.29 Å². The molecule has 0 spiro atoms. The van der Waals surface area contributed by atoms with Crippen molar-refractivity contribution >= 4 is 0 Å². The molecule has 0 radical (unpaired) electrons. The first kappa shape index (κ1) is 7.53. The molecule has 64 valence electrons. The van der Waals surface area contributed by atoms with E-state index in [1.54, 1.807) is 0 Å². The smallest absolute Gasteiger partial charge is 0.160 e. The van der Waals surface area contributed by atoms with Gasteiger partial charge in [0, 0.05) is 5.92 Å². The van der Waals surface area contributed by atoms with E-state index in [0.717, 1.165) is 6.42 Å². The number of hydrogen-bond acceptors (Lipinski definition) is 3. The van der Waals surface area contributed by atoms with Crippen LogP contribution in [0.5, 0.6) is 0 Å². The average molecular weight is 158 g/mol. The highest BCUT2D eigenvalue weighted by Gasteiger charge is 2.48. The van der Waals surface area contributed by atoms with Crippen molar-refractivity contribution in [2.45, 2.75) is 38.3 Å². The molecular formula is C8H14O3. The van der Waals surface area contributed by atoms with Gasteiger partial charge in [0.1, 0.15) is 6.10 Å². The Morgan fingerprint density at radius 1 is 1.55 bits per heavy atom. The molecule has 2 fully saturated rings. The summed E-state index contributed by atoms with van der Waals surface area (Å²) in [5.41, 5.74) is -0.688. The largest absolute Gasteiger partial charge is 0.387 e. The minimum atomic E-state index is -0.688. The fourth-order valence-electron chi connectivity index (χ4n) is 1.93. The van der Waals surface area contributed by atoms with E-state index < -0.39 is 5.60 Å². The van der Waals surface area contributed by atoms with E-state index in [4.69, 9.17) is 9.47 Å². The monoisotopic (exact) mass is 158 g/mol. The van der Waals surface area contributed by atoms with Gasteiger partial charge in [-0.05, 0) is 13.3 Å². The zero-order chi connectivity index (χ0) is 8.06. The Labute approximate surface area is 66.3 Å². The summed E-state index contributed by atoms with van der Waals surface area (Å²) in [5, 5.41) is 9.83. The van der Waals surface area contributed by atoms with Gasteiger partial charge in [-0.25, -0.2) is 0 Å². The van der Waals surface area contributed by atoms with E-state index in [-0.39, 0.29) is 12.4 Å². The van der Waals surface area contributed by atoms with Gasteiger partial charge in [0.25, 0.3) is 0 Å². The maximum Gasteiger partial charge on any atom is 0.160 e. The van der Waals surface area contributed by atoms with Gasteiger partial charge in [-0.2, -0.15) is 0 Å². The molecule has 11 heavy (non-hydrogen) atoms. The second-order valence-electron chi connectivity index (χ2n) is 3.87. The Morgan fingerprint density at radius 2 is 2.27 bits per heavy atom. The Balaban J connectivity index is 2.18. The van der Waals surface area contributed by atoms with Crippen molar-refractivity contribution in [2.75, 3.05) is 6.61 Å². The predicted molar refractivity (Wildman–Crippen MR) is 39.0 cm³/mol. The Morgan fingerprint density at radius 3 is 3.00 bits per heavy atom. The molecule has 0 amide bonds. The van der Waals surface area contributed by atoms with Crippen molar-refractivity contribution in [1.29, 1.82) is 0 Å². The van der Waals surface area contributed by atoms with Crippen LogP contribution in [-0.2, 0) is 9.47 Å². The van der Waals surface area contributed by atoms with E-state index in [9.17, 15) is 5.11 Å². The summed E-state index contributed by atoms with van der Waals surface area (Å²) in [4.78, 5) is 0. The second-order valence-corrected chi connectivity index (χ2v) is 3.87. The fraction of sp³-hybridized carbons (Fsp3) is 1.00. The van der Waals surface area contributed by atoms with Crippen LogP contribution in [0.1, 0.15) is 20.3 Å². The molecule has 1 N–H and O–H groups in total. The minimum absolute atomic E-state index is 0.0692. The molecular weight excluding hydrogens is 144 g/mol. The van der Waals surface area contributed by atoms with Gasteiger partial charge >= 0.3 is 0 Å². The first-order valence-electron chi connectivity index (χ1n) is 4.09. The van der Waals surface area contributed by atoms with Crippen molar-refractivity contribution in [3.05, 3.63) is 0 Å². The molecule has 0 unspecified atom stereocenters. The minimum Gasteiger partial charge on any atom is -0.387 e. The van der Waals surface area contributed by atoms with Gasteiger partial charge in [-0.1, -0.05) is 6.92 Å². The lowest BCUT2D eigenvalue weighted by atomic mass is 9.87. The molecule has 0 aromatic carbocycles. The van der Waals surface area contributed by atoms with Gasteiger partial charge in [-0.15, -0.1) is 0 Å². The molecule has 3 nitrogen and oxygen atoms in total. The van der Waals surface area contributed by atoms with E-state index in [1.165, 1.54) is 0 Å². The second kappa shape index (κ2) is 2.19. The zero-order valence-corrected chi connectivity index (χ0v) is 6.91.